The third kappa shape index (κ3) is 7.23. The van der Waals surface area contributed by atoms with Crippen LogP contribution < -0.4 is 10.6 Å². The molecular weight excluding hydrogens is 451 g/mol. The molecule has 1 fully saturated rings. The molecule has 27 heavy (non-hydrogen) atoms. The number of ether oxygens (including phenoxy) is 1. The SMILES string of the molecule is CN=C(NCC(C)(C)c1cccc(C)c1)NCC(C)(C)N1CCOCC1.I. The number of benzene rings is 1. The van der Waals surface area contributed by atoms with Crippen LogP contribution in [0.15, 0.2) is 29.3 Å². The highest BCUT2D eigenvalue weighted by atomic mass is 127. The predicted octanol–water partition coefficient (Wildman–Crippen LogP) is 3.17. The zero-order valence-corrected chi connectivity index (χ0v) is 20.1. The lowest BCUT2D eigenvalue weighted by molar-refractivity contribution is -0.00834. The van der Waals surface area contributed by atoms with Gasteiger partial charge < -0.3 is 15.4 Å². The van der Waals surface area contributed by atoms with Gasteiger partial charge in [0.1, 0.15) is 0 Å². The van der Waals surface area contributed by atoms with Crippen LogP contribution in [-0.2, 0) is 10.2 Å². The van der Waals surface area contributed by atoms with Gasteiger partial charge in [-0.2, -0.15) is 0 Å². The Morgan fingerprint density at radius 3 is 2.33 bits per heavy atom. The largest absolute Gasteiger partial charge is 0.379 e. The molecule has 0 spiro atoms. The lowest BCUT2D eigenvalue weighted by Crippen LogP contribution is -2.57. The molecule has 1 aromatic rings. The standard InChI is InChI=1S/C21H36N4O.HI/c1-17-8-7-9-18(14-17)20(2,3)15-23-19(22-6)24-16-21(4,5)25-10-12-26-13-11-25;/h7-9,14H,10-13,15-16H2,1-6H3,(H2,22,23,24);1H. The molecule has 2 N–H and O–H groups in total. The number of guanidine groups is 1. The monoisotopic (exact) mass is 488 g/mol. The van der Waals surface area contributed by atoms with Crippen LogP contribution >= 0.6 is 24.0 Å². The molecule has 0 atom stereocenters. The van der Waals surface area contributed by atoms with E-state index >= 15 is 0 Å². The van der Waals surface area contributed by atoms with E-state index in [1.807, 2.05) is 7.05 Å². The van der Waals surface area contributed by atoms with Crippen molar-refractivity contribution in [1.82, 2.24) is 15.5 Å². The van der Waals surface area contributed by atoms with Gasteiger partial charge in [0, 0.05) is 44.2 Å². The summed E-state index contributed by atoms with van der Waals surface area (Å²) in [5, 5.41) is 7.00. The first-order chi connectivity index (χ1) is 12.2. The van der Waals surface area contributed by atoms with Gasteiger partial charge in [0.05, 0.1) is 13.2 Å². The molecule has 2 rings (SSSR count). The van der Waals surface area contributed by atoms with Gasteiger partial charge in [-0.15, -0.1) is 24.0 Å². The highest BCUT2D eigenvalue weighted by molar-refractivity contribution is 14.0. The molecule has 154 valence electrons. The first-order valence-electron chi connectivity index (χ1n) is 9.59. The Labute approximate surface area is 182 Å². The van der Waals surface area contributed by atoms with E-state index in [1.54, 1.807) is 0 Å². The second kappa shape index (κ2) is 10.6. The molecule has 1 saturated heterocycles. The van der Waals surface area contributed by atoms with Gasteiger partial charge >= 0.3 is 0 Å². The van der Waals surface area contributed by atoms with Crippen molar-refractivity contribution < 1.29 is 4.74 Å². The molecular formula is C21H37IN4O. The van der Waals surface area contributed by atoms with Crippen molar-refractivity contribution in [1.29, 1.82) is 0 Å². The maximum atomic E-state index is 5.47. The summed E-state index contributed by atoms with van der Waals surface area (Å²) >= 11 is 0. The van der Waals surface area contributed by atoms with Gasteiger partial charge in [-0.3, -0.25) is 9.89 Å². The quantitative estimate of drug-likeness (QED) is 0.367. The highest BCUT2D eigenvalue weighted by Crippen LogP contribution is 2.23. The van der Waals surface area contributed by atoms with Crippen LogP contribution in [0.5, 0.6) is 0 Å². The van der Waals surface area contributed by atoms with Crippen LogP contribution in [-0.4, -0.2) is 62.8 Å². The Morgan fingerprint density at radius 1 is 1.11 bits per heavy atom. The van der Waals surface area contributed by atoms with Gasteiger partial charge in [0.25, 0.3) is 0 Å². The summed E-state index contributed by atoms with van der Waals surface area (Å²) in [6.07, 6.45) is 0. The molecule has 5 nitrogen and oxygen atoms in total. The molecule has 0 saturated carbocycles. The number of hydrogen-bond acceptors (Lipinski definition) is 3. The smallest absolute Gasteiger partial charge is 0.191 e. The maximum absolute atomic E-state index is 5.47. The lowest BCUT2D eigenvalue weighted by atomic mass is 9.84. The Bertz CT molecular complexity index is 610. The summed E-state index contributed by atoms with van der Waals surface area (Å²) in [5.41, 5.74) is 2.73. The van der Waals surface area contributed by atoms with Crippen molar-refractivity contribution >= 4 is 29.9 Å². The van der Waals surface area contributed by atoms with Crippen molar-refractivity contribution in [2.75, 3.05) is 46.4 Å². The minimum atomic E-state index is 0. The Hall–Kier alpha value is -0.860. The zero-order valence-electron chi connectivity index (χ0n) is 17.8. The van der Waals surface area contributed by atoms with Gasteiger partial charge in [0.2, 0.25) is 0 Å². The van der Waals surface area contributed by atoms with Crippen molar-refractivity contribution in [3.63, 3.8) is 0 Å². The normalized spacial score (nSPS) is 16.6. The summed E-state index contributed by atoms with van der Waals surface area (Å²) in [7, 11) is 1.83. The maximum Gasteiger partial charge on any atom is 0.191 e. The van der Waals surface area contributed by atoms with Gasteiger partial charge in [-0.1, -0.05) is 43.7 Å². The molecule has 0 unspecified atom stereocenters. The van der Waals surface area contributed by atoms with Gasteiger partial charge in [-0.25, -0.2) is 0 Å². The third-order valence-electron chi connectivity index (χ3n) is 5.28. The molecule has 6 heteroatoms. The molecule has 1 aliphatic rings. The second-order valence-corrected chi connectivity index (χ2v) is 8.44. The van der Waals surface area contributed by atoms with Crippen molar-refractivity contribution in [2.24, 2.45) is 4.99 Å². The number of nitrogens with zero attached hydrogens (tertiary/aromatic N) is 2. The third-order valence-corrected chi connectivity index (χ3v) is 5.28. The topological polar surface area (TPSA) is 48.9 Å². The lowest BCUT2D eigenvalue weighted by Gasteiger charge is -2.41. The van der Waals surface area contributed by atoms with E-state index in [1.165, 1.54) is 11.1 Å². The molecule has 1 aliphatic heterocycles. The number of morpholine rings is 1. The summed E-state index contributed by atoms with van der Waals surface area (Å²) < 4.78 is 5.47. The minimum absolute atomic E-state index is 0. The molecule has 1 aromatic carbocycles. The first kappa shape index (κ1) is 24.2. The van der Waals surface area contributed by atoms with E-state index in [-0.39, 0.29) is 34.9 Å². The van der Waals surface area contributed by atoms with E-state index in [9.17, 15) is 0 Å². The Balaban J connectivity index is 0.00000364. The molecule has 1 heterocycles. The van der Waals surface area contributed by atoms with E-state index in [2.05, 4.69) is 79.4 Å². The summed E-state index contributed by atoms with van der Waals surface area (Å²) in [6.45, 7) is 16.5. The average Bonchev–Trinajstić information content (AvgIpc) is 2.62. The molecule has 0 amide bonds. The number of halogens is 1. The predicted molar refractivity (Wildman–Crippen MR) is 125 cm³/mol. The molecule has 0 radical (unpaired) electrons. The average molecular weight is 488 g/mol. The fraction of sp³-hybridized carbons (Fsp3) is 0.667. The Kier molecular flexibility index (Phi) is 9.51. The fourth-order valence-corrected chi connectivity index (χ4v) is 3.27. The van der Waals surface area contributed by atoms with Crippen LogP contribution in [0.1, 0.15) is 38.8 Å². The highest BCUT2D eigenvalue weighted by Gasteiger charge is 2.28. The van der Waals surface area contributed by atoms with Crippen molar-refractivity contribution in [2.45, 2.75) is 45.6 Å². The van der Waals surface area contributed by atoms with Gasteiger partial charge in [0.15, 0.2) is 5.96 Å². The minimum Gasteiger partial charge on any atom is -0.379 e. The van der Waals surface area contributed by atoms with Crippen LogP contribution in [0.4, 0.5) is 0 Å². The fourth-order valence-electron chi connectivity index (χ4n) is 3.27. The van der Waals surface area contributed by atoms with E-state index in [0.717, 1.165) is 45.4 Å². The van der Waals surface area contributed by atoms with E-state index in [4.69, 9.17) is 4.74 Å². The van der Waals surface area contributed by atoms with Crippen LogP contribution in [0.25, 0.3) is 0 Å². The number of nitrogens with one attached hydrogen (secondary N) is 2. The molecule has 0 aliphatic carbocycles. The Morgan fingerprint density at radius 2 is 1.74 bits per heavy atom. The van der Waals surface area contributed by atoms with Crippen molar-refractivity contribution in [3.05, 3.63) is 35.4 Å². The van der Waals surface area contributed by atoms with Crippen molar-refractivity contribution in [3.8, 4) is 0 Å². The zero-order chi connectivity index (χ0) is 19.2. The van der Waals surface area contributed by atoms with Gasteiger partial charge in [-0.05, 0) is 26.3 Å². The van der Waals surface area contributed by atoms with E-state index in [0.29, 0.717) is 0 Å². The second-order valence-electron chi connectivity index (χ2n) is 8.44. The van der Waals surface area contributed by atoms with Crippen LogP contribution in [0.3, 0.4) is 0 Å². The number of hydrogen-bond donors (Lipinski definition) is 2. The number of rotatable bonds is 6. The van der Waals surface area contributed by atoms with Crippen LogP contribution in [0, 0.1) is 6.92 Å². The van der Waals surface area contributed by atoms with Crippen LogP contribution in [0.2, 0.25) is 0 Å². The summed E-state index contributed by atoms with van der Waals surface area (Å²) in [4.78, 5) is 6.88. The molecule has 0 aromatic heterocycles. The van der Waals surface area contributed by atoms with E-state index < -0.39 is 0 Å². The number of aliphatic imine (C=N–C) groups is 1. The number of aryl methyl sites for hydroxylation is 1. The summed E-state index contributed by atoms with van der Waals surface area (Å²) in [5.74, 6) is 0.854. The summed E-state index contributed by atoms with van der Waals surface area (Å²) in [6, 6.07) is 8.73. The first-order valence-corrected chi connectivity index (χ1v) is 9.59. The molecule has 0 bridgehead atoms.